The van der Waals surface area contributed by atoms with Crippen molar-refractivity contribution in [3.63, 3.8) is 0 Å². The maximum Gasteiger partial charge on any atom is 0.282 e. The first-order chi connectivity index (χ1) is 18.2. The molecule has 0 bridgehead atoms. The first-order valence-electron chi connectivity index (χ1n) is 11.7. The first-order valence-corrected chi connectivity index (χ1v) is 11.7. The number of rotatable bonds is 6. The van der Waals surface area contributed by atoms with Crippen LogP contribution in [-0.4, -0.2) is 15.9 Å². The van der Waals surface area contributed by atoms with E-state index >= 15 is 0 Å². The zero-order chi connectivity index (χ0) is 25.2. The highest BCUT2D eigenvalue weighted by Gasteiger charge is 2.16. The van der Waals surface area contributed by atoms with Gasteiger partial charge in [0.25, 0.3) is 5.56 Å². The number of halogens is 1. The van der Waals surface area contributed by atoms with Crippen LogP contribution in [0, 0.1) is 5.82 Å². The van der Waals surface area contributed by atoms with Gasteiger partial charge in [-0.25, -0.2) is 9.37 Å². The molecule has 0 saturated carbocycles. The molecule has 2 heterocycles. The summed E-state index contributed by atoms with van der Waals surface area (Å²) >= 11 is 0. The lowest BCUT2D eigenvalue weighted by Crippen LogP contribution is -2.20. The second-order valence-corrected chi connectivity index (χ2v) is 8.42. The molecule has 0 unspecified atom stereocenters. The van der Waals surface area contributed by atoms with Crippen molar-refractivity contribution < 1.29 is 13.5 Å². The van der Waals surface area contributed by atoms with Gasteiger partial charge in [-0.3, -0.25) is 4.79 Å². The highest BCUT2D eigenvalue weighted by atomic mass is 19.1. The van der Waals surface area contributed by atoms with Gasteiger partial charge in [-0.1, -0.05) is 54.6 Å². The number of benzene rings is 4. The molecule has 4 aromatic carbocycles. The summed E-state index contributed by atoms with van der Waals surface area (Å²) in [6.45, 7) is 0.257. The maximum absolute atomic E-state index is 13.5. The van der Waals surface area contributed by atoms with Crippen molar-refractivity contribution in [2.45, 2.75) is 6.61 Å². The van der Waals surface area contributed by atoms with Gasteiger partial charge in [-0.05, 0) is 54.1 Å². The zero-order valence-corrected chi connectivity index (χ0v) is 19.5. The summed E-state index contributed by atoms with van der Waals surface area (Å²) in [7, 11) is 0. The number of hydrogen-bond donors (Lipinski definition) is 0. The second-order valence-electron chi connectivity index (χ2n) is 8.42. The third kappa shape index (κ3) is 4.50. The lowest BCUT2D eigenvalue weighted by Gasteiger charge is -2.10. The van der Waals surface area contributed by atoms with Gasteiger partial charge in [0, 0.05) is 10.9 Å². The summed E-state index contributed by atoms with van der Waals surface area (Å²) in [4.78, 5) is 18.2. The average Bonchev–Trinajstić information content (AvgIpc) is 3.37. The van der Waals surface area contributed by atoms with E-state index in [0.29, 0.717) is 39.4 Å². The topological polar surface area (TPSA) is 69.6 Å². The monoisotopic (exact) mass is 489 g/mol. The van der Waals surface area contributed by atoms with E-state index < -0.39 is 0 Å². The van der Waals surface area contributed by atoms with Crippen LogP contribution in [0.25, 0.3) is 33.5 Å². The molecule has 0 spiro atoms. The number of nitrogens with zero attached hydrogens (tertiary/aromatic N) is 3. The molecule has 6 nitrogen and oxygen atoms in total. The largest absolute Gasteiger partial charge is 0.488 e. The van der Waals surface area contributed by atoms with Crippen LogP contribution in [-0.2, 0) is 6.61 Å². The van der Waals surface area contributed by atoms with Gasteiger partial charge in [-0.2, -0.15) is 9.78 Å². The average molecular weight is 490 g/mol. The van der Waals surface area contributed by atoms with Gasteiger partial charge in [0.15, 0.2) is 5.76 Å². The Balaban J connectivity index is 1.41. The molecule has 6 aromatic rings. The summed E-state index contributed by atoms with van der Waals surface area (Å²) in [6.07, 6.45) is 1.56. The number of fused-ring (bicyclic) bond motifs is 2. The molecule has 37 heavy (non-hydrogen) atoms. The maximum atomic E-state index is 13.5. The quantitative estimate of drug-likeness (QED) is 0.254. The summed E-state index contributed by atoms with van der Waals surface area (Å²) in [5.74, 6) is 0.997. The Labute approximate surface area is 210 Å². The van der Waals surface area contributed by atoms with Crippen molar-refractivity contribution in [1.29, 1.82) is 0 Å². The fourth-order valence-corrected chi connectivity index (χ4v) is 4.06. The zero-order valence-electron chi connectivity index (χ0n) is 19.5. The standard InChI is InChI=1S/C30H20FN3O3/c31-23-15-13-20(14-16-23)19-36-26-11-5-2-8-22(26)18-32-34-29(28-17-21-7-1-6-12-27(21)37-28)33-25-10-4-3-9-24(25)30(34)35/h1-18H,19H2. The van der Waals surface area contributed by atoms with Gasteiger partial charge in [-0.15, -0.1) is 0 Å². The van der Waals surface area contributed by atoms with E-state index in [9.17, 15) is 9.18 Å². The van der Waals surface area contributed by atoms with Crippen molar-refractivity contribution in [2.24, 2.45) is 5.10 Å². The van der Waals surface area contributed by atoms with Crippen molar-refractivity contribution in [2.75, 3.05) is 0 Å². The third-order valence-electron chi connectivity index (χ3n) is 5.94. The van der Waals surface area contributed by atoms with Gasteiger partial charge in [0.2, 0.25) is 5.82 Å². The Bertz CT molecular complexity index is 1790. The minimum absolute atomic E-state index is 0.257. The minimum Gasteiger partial charge on any atom is -0.488 e. The SMILES string of the molecule is O=c1c2ccccc2nc(-c2cc3ccccc3o2)n1N=Cc1ccccc1OCc1ccc(F)cc1. The Morgan fingerprint density at radius 3 is 2.54 bits per heavy atom. The highest BCUT2D eigenvalue weighted by Crippen LogP contribution is 2.27. The fourth-order valence-electron chi connectivity index (χ4n) is 4.06. The van der Waals surface area contributed by atoms with Crippen LogP contribution in [0.3, 0.4) is 0 Å². The molecular weight excluding hydrogens is 469 g/mol. The number of aromatic nitrogens is 2. The molecule has 0 aliphatic rings. The van der Waals surface area contributed by atoms with Gasteiger partial charge < -0.3 is 9.15 Å². The van der Waals surface area contributed by atoms with Crippen LogP contribution in [0.5, 0.6) is 5.75 Å². The predicted octanol–water partition coefficient (Wildman–Crippen LogP) is 6.41. The summed E-state index contributed by atoms with van der Waals surface area (Å²) in [5.41, 5.74) is 2.42. The van der Waals surface area contributed by atoms with Crippen LogP contribution >= 0.6 is 0 Å². The number of furan rings is 1. The van der Waals surface area contributed by atoms with Gasteiger partial charge in [0.1, 0.15) is 23.8 Å². The molecule has 0 aliphatic carbocycles. The Morgan fingerprint density at radius 2 is 1.68 bits per heavy atom. The van der Waals surface area contributed by atoms with Crippen LogP contribution in [0.2, 0.25) is 0 Å². The third-order valence-corrected chi connectivity index (χ3v) is 5.94. The molecule has 0 atom stereocenters. The molecule has 0 N–H and O–H groups in total. The van der Waals surface area contributed by atoms with E-state index in [-0.39, 0.29) is 18.0 Å². The second kappa shape index (κ2) is 9.54. The molecule has 0 saturated heterocycles. The molecule has 0 radical (unpaired) electrons. The molecule has 0 amide bonds. The fraction of sp³-hybridized carbons (Fsp3) is 0.0333. The number of hydrogen-bond acceptors (Lipinski definition) is 5. The minimum atomic E-state index is -0.318. The summed E-state index contributed by atoms with van der Waals surface area (Å²) in [6, 6.07) is 30.1. The first kappa shape index (κ1) is 22.4. The van der Waals surface area contributed by atoms with E-state index in [4.69, 9.17) is 14.1 Å². The van der Waals surface area contributed by atoms with Gasteiger partial charge >= 0.3 is 0 Å². The smallest absolute Gasteiger partial charge is 0.282 e. The van der Waals surface area contributed by atoms with Crippen molar-refractivity contribution in [1.82, 2.24) is 9.66 Å². The summed E-state index contributed by atoms with van der Waals surface area (Å²) < 4.78 is 26.5. The Kier molecular flexibility index (Phi) is 5.78. The van der Waals surface area contributed by atoms with E-state index in [1.807, 2.05) is 60.7 Å². The van der Waals surface area contributed by atoms with Crippen molar-refractivity contribution in [3.8, 4) is 17.3 Å². The molecule has 0 aliphatic heterocycles. The van der Waals surface area contributed by atoms with Crippen LogP contribution in [0.4, 0.5) is 4.39 Å². The van der Waals surface area contributed by atoms with E-state index in [1.165, 1.54) is 16.8 Å². The number of ether oxygens (including phenoxy) is 1. The predicted molar refractivity (Wildman–Crippen MR) is 141 cm³/mol. The van der Waals surface area contributed by atoms with Crippen LogP contribution in [0.1, 0.15) is 11.1 Å². The molecule has 0 fully saturated rings. The Hall–Kier alpha value is -5.04. The van der Waals surface area contributed by atoms with E-state index in [0.717, 1.165) is 10.9 Å². The Morgan fingerprint density at radius 1 is 0.919 bits per heavy atom. The van der Waals surface area contributed by atoms with Crippen molar-refractivity contribution in [3.05, 3.63) is 130 Å². The van der Waals surface area contributed by atoms with Crippen LogP contribution < -0.4 is 10.3 Å². The molecule has 7 heteroatoms. The highest BCUT2D eigenvalue weighted by molar-refractivity contribution is 5.85. The van der Waals surface area contributed by atoms with Crippen molar-refractivity contribution >= 4 is 28.1 Å². The van der Waals surface area contributed by atoms with Gasteiger partial charge in [0.05, 0.1) is 17.1 Å². The molecule has 180 valence electrons. The van der Waals surface area contributed by atoms with E-state index in [2.05, 4.69) is 5.10 Å². The number of para-hydroxylation sites is 3. The molecule has 6 rings (SSSR count). The summed E-state index contributed by atoms with van der Waals surface area (Å²) in [5, 5.41) is 5.87. The normalized spacial score (nSPS) is 11.5. The molecule has 2 aromatic heterocycles. The van der Waals surface area contributed by atoms with E-state index in [1.54, 1.807) is 36.5 Å². The lowest BCUT2D eigenvalue weighted by molar-refractivity contribution is 0.305. The van der Waals surface area contributed by atoms with Crippen LogP contribution in [0.15, 0.2) is 117 Å². The molecular formula is C30H20FN3O3. The lowest BCUT2D eigenvalue weighted by atomic mass is 10.2.